The quantitative estimate of drug-likeness (QED) is 0.457. The predicted octanol–water partition coefficient (Wildman–Crippen LogP) is 4.87. The normalized spacial score (nSPS) is 17.7. The van der Waals surface area contributed by atoms with Crippen LogP contribution in [0.3, 0.4) is 0 Å². The number of benzene rings is 2. The number of hydrogen-bond donors (Lipinski definition) is 0. The summed E-state index contributed by atoms with van der Waals surface area (Å²) in [6.07, 6.45) is 5.48. The number of aromatic nitrogens is 1. The largest absolute Gasteiger partial charge is 0.496 e. The van der Waals surface area contributed by atoms with Gasteiger partial charge in [-0.25, -0.2) is 13.4 Å². The van der Waals surface area contributed by atoms with E-state index in [0.29, 0.717) is 38.5 Å². The molecule has 7 nitrogen and oxygen atoms in total. The Kier molecular flexibility index (Phi) is 7.29. The topological polar surface area (TPSA) is 72.0 Å². The molecule has 1 saturated heterocycles. The minimum Gasteiger partial charge on any atom is -0.496 e. The molecule has 36 heavy (non-hydrogen) atoms. The number of piperazine rings is 1. The first-order chi connectivity index (χ1) is 17.5. The van der Waals surface area contributed by atoms with Gasteiger partial charge in [-0.15, -0.1) is 0 Å². The van der Waals surface area contributed by atoms with E-state index in [1.807, 2.05) is 30.3 Å². The summed E-state index contributed by atoms with van der Waals surface area (Å²) in [5.74, 6) is 2.14. The van der Waals surface area contributed by atoms with Crippen LogP contribution in [0, 0.1) is 0 Å². The summed E-state index contributed by atoms with van der Waals surface area (Å²) in [5, 5.41) is 0.256. The van der Waals surface area contributed by atoms with E-state index in [-0.39, 0.29) is 9.92 Å². The molecule has 0 saturated carbocycles. The summed E-state index contributed by atoms with van der Waals surface area (Å²) < 4.78 is 39.3. The van der Waals surface area contributed by atoms with Crippen LogP contribution >= 0.6 is 11.6 Å². The van der Waals surface area contributed by atoms with Crippen molar-refractivity contribution in [3.05, 3.63) is 83.0 Å². The molecule has 2 aliphatic heterocycles. The number of sulfonamides is 1. The van der Waals surface area contributed by atoms with E-state index in [4.69, 9.17) is 21.1 Å². The highest BCUT2D eigenvalue weighted by Gasteiger charge is 2.30. The maximum atomic E-state index is 13.0. The molecule has 0 unspecified atom stereocenters. The van der Waals surface area contributed by atoms with Crippen LogP contribution < -0.4 is 9.47 Å². The minimum atomic E-state index is -3.60. The van der Waals surface area contributed by atoms with Gasteiger partial charge in [0.1, 0.15) is 16.4 Å². The van der Waals surface area contributed by atoms with Crippen molar-refractivity contribution in [2.24, 2.45) is 0 Å². The van der Waals surface area contributed by atoms with Crippen molar-refractivity contribution in [2.45, 2.75) is 17.7 Å². The van der Waals surface area contributed by atoms with E-state index < -0.39 is 10.0 Å². The van der Waals surface area contributed by atoms with Gasteiger partial charge >= 0.3 is 0 Å². The van der Waals surface area contributed by atoms with E-state index in [2.05, 4.69) is 16.0 Å². The zero-order valence-electron chi connectivity index (χ0n) is 20.1. The Morgan fingerprint density at radius 2 is 1.86 bits per heavy atom. The van der Waals surface area contributed by atoms with E-state index in [0.717, 1.165) is 41.2 Å². The third kappa shape index (κ3) is 4.99. The summed E-state index contributed by atoms with van der Waals surface area (Å²) in [5.41, 5.74) is 3.12. The Morgan fingerprint density at radius 1 is 1.06 bits per heavy atom. The lowest BCUT2D eigenvalue weighted by Gasteiger charge is -2.34. The number of methoxy groups -OCH3 is 1. The molecule has 3 heterocycles. The zero-order valence-corrected chi connectivity index (χ0v) is 21.6. The van der Waals surface area contributed by atoms with Gasteiger partial charge in [-0.3, -0.25) is 0 Å². The van der Waals surface area contributed by atoms with Crippen LogP contribution in [-0.4, -0.2) is 62.4 Å². The van der Waals surface area contributed by atoms with Gasteiger partial charge in [-0.2, -0.15) is 4.31 Å². The fraction of sp³-hybridized carbons (Fsp3) is 0.296. The van der Waals surface area contributed by atoms with Gasteiger partial charge in [0, 0.05) is 56.5 Å². The second-order valence-corrected chi connectivity index (χ2v) is 11.1. The molecule has 5 rings (SSSR count). The smallest absolute Gasteiger partial charge is 0.244 e. The molecule has 2 aliphatic rings. The number of allylic oxidation sites excluding steroid dienone is 1. The number of nitrogens with zero attached hydrogens (tertiary/aromatic N) is 3. The van der Waals surface area contributed by atoms with Crippen molar-refractivity contribution < 1.29 is 17.9 Å². The standard InChI is InChI=1S/C27H28ClN3O4S/c1-34-24-10-4-11-25-22(24)19-20(21-8-5-13-29-27(21)35-25)7-6-14-30-15-17-31(18-16-30)36(32,33)26-12-3-2-9-23(26)28/h2-5,7-13H,6,14-19H2,1H3. The lowest BCUT2D eigenvalue weighted by molar-refractivity contribution is 0.191. The summed E-state index contributed by atoms with van der Waals surface area (Å²) in [6.45, 7) is 3.05. The third-order valence-electron chi connectivity index (χ3n) is 6.62. The number of pyridine rings is 1. The molecular weight excluding hydrogens is 498 g/mol. The molecule has 0 spiro atoms. The van der Waals surface area contributed by atoms with Crippen LogP contribution in [0.1, 0.15) is 17.5 Å². The molecular formula is C27H28ClN3O4S. The molecule has 0 bridgehead atoms. The number of ether oxygens (including phenoxy) is 2. The maximum Gasteiger partial charge on any atom is 0.244 e. The van der Waals surface area contributed by atoms with Crippen LogP contribution in [0.4, 0.5) is 0 Å². The molecule has 188 valence electrons. The lowest BCUT2D eigenvalue weighted by Crippen LogP contribution is -2.48. The molecule has 2 aromatic carbocycles. The van der Waals surface area contributed by atoms with Crippen LogP contribution in [0.5, 0.6) is 17.4 Å². The summed E-state index contributed by atoms with van der Waals surface area (Å²) in [4.78, 5) is 6.92. The Bertz CT molecular complexity index is 1390. The van der Waals surface area contributed by atoms with Crippen molar-refractivity contribution in [1.29, 1.82) is 0 Å². The predicted molar refractivity (Wildman–Crippen MR) is 140 cm³/mol. The number of fused-ring (bicyclic) bond motifs is 2. The second kappa shape index (κ2) is 10.6. The highest BCUT2D eigenvalue weighted by atomic mass is 35.5. The first-order valence-corrected chi connectivity index (χ1v) is 13.7. The van der Waals surface area contributed by atoms with Crippen LogP contribution in [0.2, 0.25) is 5.02 Å². The fourth-order valence-electron chi connectivity index (χ4n) is 4.70. The number of rotatable bonds is 6. The monoisotopic (exact) mass is 525 g/mol. The molecule has 9 heteroatoms. The fourth-order valence-corrected chi connectivity index (χ4v) is 6.62. The minimum absolute atomic E-state index is 0.170. The zero-order chi connectivity index (χ0) is 25.1. The van der Waals surface area contributed by atoms with Gasteiger partial charge in [-0.05, 0) is 48.4 Å². The molecule has 0 aliphatic carbocycles. The average molecular weight is 526 g/mol. The molecule has 1 fully saturated rings. The van der Waals surface area contributed by atoms with Gasteiger partial charge in [0.15, 0.2) is 0 Å². The molecule has 0 N–H and O–H groups in total. The van der Waals surface area contributed by atoms with Crippen molar-refractivity contribution in [1.82, 2.24) is 14.2 Å². The Labute approximate surface area is 217 Å². The molecule has 0 atom stereocenters. The van der Waals surface area contributed by atoms with E-state index in [1.54, 1.807) is 37.6 Å². The third-order valence-corrected chi connectivity index (χ3v) is 9.02. The first kappa shape index (κ1) is 24.8. The average Bonchev–Trinajstić information content (AvgIpc) is 3.05. The number of halogens is 1. The maximum absolute atomic E-state index is 13.0. The van der Waals surface area contributed by atoms with Crippen molar-refractivity contribution in [3.63, 3.8) is 0 Å². The van der Waals surface area contributed by atoms with Gasteiger partial charge < -0.3 is 14.4 Å². The first-order valence-electron chi connectivity index (χ1n) is 11.9. The lowest BCUT2D eigenvalue weighted by atomic mass is 9.97. The summed E-state index contributed by atoms with van der Waals surface area (Å²) >= 11 is 6.15. The summed E-state index contributed by atoms with van der Waals surface area (Å²) in [7, 11) is -1.93. The van der Waals surface area contributed by atoms with E-state index in [9.17, 15) is 8.42 Å². The van der Waals surface area contributed by atoms with Gasteiger partial charge in [0.05, 0.1) is 12.1 Å². The van der Waals surface area contributed by atoms with E-state index >= 15 is 0 Å². The van der Waals surface area contributed by atoms with Gasteiger partial charge in [0.2, 0.25) is 15.9 Å². The SMILES string of the molecule is COc1cccc2c1CC(=CCCN1CCN(S(=O)(=O)c3ccccc3Cl)CC1)c1cccnc1O2. The Balaban J connectivity index is 1.27. The highest BCUT2D eigenvalue weighted by Crippen LogP contribution is 2.41. The van der Waals surface area contributed by atoms with E-state index in [1.165, 1.54) is 4.31 Å². The molecule has 1 aromatic heterocycles. The van der Waals surface area contributed by atoms with Crippen molar-refractivity contribution >= 4 is 27.2 Å². The van der Waals surface area contributed by atoms with Crippen LogP contribution in [-0.2, 0) is 16.4 Å². The highest BCUT2D eigenvalue weighted by molar-refractivity contribution is 7.89. The molecule has 3 aromatic rings. The van der Waals surface area contributed by atoms with Gasteiger partial charge in [-0.1, -0.05) is 35.9 Å². The Hall–Kier alpha value is -2.91. The van der Waals surface area contributed by atoms with Crippen LogP contribution in [0.25, 0.3) is 5.57 Å². The molecule has 0 radical (unpaired) electrons. The van der Waals surface area contributed by atoms with Crippen LogP contribution in [0.15, 0.2) is 71.8 Å². The summed E-state index contributed by atoms with van der Waals surface area (Å²) in [6, 6.07) is 16.4. The second-order valence-electron chi connectivity index (χ2n) is 8.77. The number of hydrogen-bond acceptors (Lipinski definition) is 6. The Morgan fingerprint density at radius 3 is 2.64 bits per heavy atom. The van der Waals surface area contributed by atoms with Crippen molar-refractivity contribution in [3.8, 4) is 17.4 Å². The van der Waals surface area contributed by atoms with Crippen molar-refractivity contribution in [2.75, 3.05) is 39.8 Å². The molecule has 0 amide bonds. The van der Waals surface area contributed by atoms with Gasteiger partial charge in [0.25, 0.3) is 0 Å².